The Balaban J connectivity index is 2.47. The van der Waals surface area contributed by atoms with E-state index in [0.717, 1.165) is 5.69 Å². The van der Waals surface area contributed by atoms with Crippen LogP contribution in [0.25, 0.3) is 12.3 Å². The lowest BCUT2D eigenvalue weighted by Gasteiger charge is -2.11. The largest absolute Gasteiger partial charge is 0.476 e. The van der Waals surface area contributed by atoms with Crippen LogP contribution in [0.1, 0.15) is 30.0 Å². The average molecular weight is 204 g/mol. The van der Waals surface area contributed by atoms with Gasteiger partial charge in [0.2, 0.25) is 0 Å². The van der Waals surface area contributed by atoms with Gasteiger partial charge in [-0.3, -0.25) is 0 Å². The highest BCUT2D eigenvalue weighted by Crippen LogP contribution is 2.24. The van der Waals surface area contributed by atoms with Gasteiger partial charge >= 0.3 is 5.97 Å². The molecule has 0 unspecified atom stereocenters. The van der Waals surface area contributed by atoms with Crippen molar-refractivity contribution in [3.05, 3.63) is 29.6 Å². The van der Waals surface area contributed by atoms with Crippen molar-refractivity contribution in [1.29, 1.82) is 0 Å². The van der Waals surface area contributed by atoms with Crippen LogP contribution in [0.15, 0.2) is 18.2 Å². The molecule has 0 aliphatic carbocycles. The summed E-state index contributed by atoms with van der Waals surface area (Å²) in [6.07, 6.45) is 7.69. The predicted molar refractivity (Wildman–Crippen MR) is 57.3 cm³/mol. The van der Waals surface area contributed by atoms with Crippen LogP contribution < -0.4 is 0 Å². The maximum Gasteiger partial charge on any atom is 0.356 e. The minimum Gasteiger partial charge on any atom is -0.476 e. The second kappa shape index (κ2) is 3.08. The number of carbonyl (C=O) groups is 1. The Labute approximate surface area is 87.5 Å². The maximum atomic E-state index is 10.7. The summed E-state index contributed by atoms with van der Waals surface area (Å²) in [7, 11) is 0. The van der Waals surface area contributed by atoms with Crippen molar-refractivity contribution in [3.63, 3.8) is 0 Å². The number of aromatic carboxylic acids is 1. The molecule has 0 atom stereocenters. The number of hydrogen-bond donors (Lipinski definition) is 1. The SMILES string of the molecule is CC1(C)C=Cc2cc(C(=O)O)nn2C=C1. The van der Waals surface area contributed by atoms with E-state index < -0.39 is 5.97 Å². The molecule has 1 aliphatic heterocycles. The van der Waals surface area contributed by atoms with Crippen LogP contribution in [-0.4, -0.2) is 20.9 Å². The van der Waals surface area contributed by atoms with Crippen LogP contribution in [0.5, 0.6) is 0 Å². The van der Waals surface area contributed by atoms with E-state index >= 15 is 0 Å². The normalized spacial score (nSPS) is 17.2. The van der Waals surface area contributed by atoms with Gasteiger partial charge in [0.1, 0.15) is 0 Å². The fourth-order valence-corrected chi connectivity index (χ4v) is 1.38. The third-order valence-corrected chi connectivity index (χ3v) is 2.31. The maximum absolute atomic E-state index is 10.7. The minimum absolute atomic E-state index is 0.0237. The average Bonchev–Trinajstić information content (AvgIpc) is 2.50. The van der Waals surface area contributed by atoms with Crippen LogP contribution in [0.3, 0.4) is 0 Å². The predicted octanol–water partition coefficient (Wildman–Crippen LogP) is 2.10. The highest BCUT2D eigenvalue weighted by Gasteiger charge is 2.15. The van der Waals surface area contributed by atoms with Crippen molar-refractivity contribution < 1.29 is 9.90 Å². The second-order valence-corrected chi connectivity index (χ2v) is 4.17. The molecule has 1 N–H and O–H groups in total. The molecule has 0 radical (unpaired) electrons. The molecule has 15 heavy (non-hydrogen) atoms. The fraction of sp³-hybridized carbons (Fsp3) is 0.273. The van der Waals surface area contributed by atoms with E-state index in [-0.39, 0.29) is 11.1 Å². The van der Waals surface area contributed by atoms with E-state index in [2.05, 4.69) is 18.9 Å². The van der Waals surface area contributed by atoms with Gasteiger partial charge in [0.05, 0.1) is 5.69 Å². The summed E-state index contributed by atoms with van der Waals surface area (Å²) in [5, 5.41) is 12.7. The van der Waals surface area contributed by atoms with E-state index in [9.17, 15) is 4.79 Å². The molecule has 0 saturated heterocycles. The first-order chi connectivity index (χ1) is 6.98. The van der Waals surface area contributed by atoms with E-state index in [1.807, 2.05) is 18.2 Å². The first-order valence-electron chi connectivity index (χ1n) is 4.69. The number of carboxylic acid groups (broad SMARTS) is 1. The standard InChI is InChI=1S/C11H12N2O2/c1-11(2)4-3-8-7-9(10(14)15)12-13(8)6-5-11/h3-7H,1-2H3,(H,14,15). The zero-order chi connectivity index (χ0) is 11.1. The topological polar surface area (TPSA) is 55.1 Å². The summed E-state index contributed by atoms with van der Waals surface area (Å²) in [4.78, 5) is 10.7. The van der Waals surface area contributed by atoms with Crippen LogP contribution in [-0.2, 0) is 0 Å². The summed E-state index contributed by atoms with van der Waals surface area (Å²) < 4.78 is 1.58. The molecule has 1 aromatic heterocycles. The van der Waals surface area contributed by atoms with Crippen molar-refractivity contribution in [1.82, 2.24) is 9.78 Å². The zero-order valence-corrected chi connectivity index (χ0v) is 8.64. The number of carboxylic acids is 1. The van der Waals surface area contributed by atoms with Crippen molar-refractivity contribution in [2.45, 2.75) is 13.8 Å². The number of nitrogens with zero attached hydrogens (tertiary/aromatic N) is 2. The number of allylic oxidation sites excluding steroid dienone is 2. The zero-order valence-electron chi connectivity index (χ0n) is 8.64. The molecule has 78 valence electrons. The van der Waals surface area contributed by atoms with Gasteiger partial charge in [-0.25, -0.2) is 9.48 Å². The van der Waals surface area contributed by atoms with Gasteiger partial charge < -0.3 is 5.11 Å². The van der Waals surface area contributed by atoms with E-state index in [4.69, 9.17) is 5.11 Å². The van der Waals surface area contributed by atoms with Gasteiger partial charge in [0, 0.05) is 11.6 Å². The summed E-state index contributed by atoms with van der Waals surface area (Å²) in [6, 6.07) is 1.56. The van der Waals surface area contributed by atoms with Gasteiger partial charge in [-0.2, -0.15) is 5.10 Å². The van der Waals surface area contributed by atoms with E-state index in [1.54, 1.807) is 16.9 Å². The Morgan fingerprint density at radius 2 is 2.20 bits per heavy atom. The molecule has 0 aromatic carbocycles. The smallest absolute Gasteiger partial charge is 0.356 e. The van der Waals surface area contributed by atoms with Crippen LogP contribution in [0, 0.1) is 5.41 Å². The van der Waals surface area contributed by atoms with Gasteiger partial charge in [-0.15, -0.1) is 0 Å². The molecule has 0 amide bonds. The number of aromatic nitrogens is 2. The van der Waals surface area contributed by atoms with Gasteiger partial charge in [0.15, 0.2) is 5.69 Å². The molecule has 2 heterocycles. The first kappa shape index (κ1) is 9.71. The molecular weight excluding hydrogens is 192 g/mol. The molecule has 1 aromatic rings. The van der Waals surface area contributed by atoms with Crippen molar-refractivity contribution in [3.8, 4) is 0 Å². The Bertz CT molecular complexity index is 433. The third kappa shape index (κ3) is 1.83. The number of fused-ring (bicyclic) bond motifs is 1. The highest BCUT2D eigenvalue weighted by atomic mass is 16.4. The molecule has 4 nitrogen and oxygen atoms in total. The molecule has 0 spiro atoms. The van der Waals surface area contributed by atoms with Gasteiger partial charge in [-0.1, -0.05) is 26.0 Å². The minimum atomic E-state index is -1.00. The van der Waals surface area contributed by atoms with Crippen molar-refractivity contribution >= 4 is 18.2 Å². The molecule has 0 fully saturated rings. The lowest BCUT2D eigenvalue weighted by molar-refractivity contribution is 0.0690. The fourth-order valence-electron chi connectivity index (χ4n) is 1.38. The monoisotopic (exact) mass is 204 g/mol. The Kier molecular flexibility index (Phi) is 2.00. The molecule has 0 saturated carbocycles. The first-order valence-corrected chi connectivity index (χ1v) is 4.69. The number of hydrogen-bond acceptors (Lipinski definition) is 2. The molecular formula is C11H12N2O2. The molecule has 0 bridgehead atoms. The molecule has 2 rings (SSSR count). The Morgan fingerprint density at radius 1 is 1.47 bits per heavy atom. The second-order valence-electron chi connectivity index (χ2n) is 4.17. The molecule has 1 aliphatic rings. The van der Waals surface area contributed by atoms with Crippen LogP contribution >= 0.6 is 0 Å². The summed E-state index contributed by atoms with van der Waals surface area (Å²) >= 11 is 0. The van der Waals surface area contributed by atoms with Gasteiger partial charge in [0.25, 0.3) is 0 Å². The van der Waals surface area contributed by atoms with Gasteiger partial charge in [-0.05, 0) is 12.1 Å². The summed E-state index contributed by atoms with van der Waals surface area (Å²) in [5.74, 6) is -1.00. The lowest BCUT2D eigenvalue weighted by atomic mass is 9.93. The quantitative estimate of drug-likeness (QED) is 0.762. The number of rotatable bonds is 1. The molecule has 4 heteroatoms. The summed E-state index contributed by atoms with van der Waals surface area (Å²) in [6.45, 7) is 4.15. The van der Waals surface area contributed by atoms with Crippen molar-refractivity contribution in [2.75, 3.05) is 0 Å². The lowest BCUT2D eigenvalue weighted by Crippen LogP contribution is -2.02. The third-order valence-electron chi connectivity index (χ3n) is 2.31. The van der Waals surface area contributed by atoms with Crippen molar-refractivity contribution in [2.24, 2.45) is 5.41 Å². The van der Waals surface area contributed by atoms with Crippen LogP contribution in [0.2, 0.25) is 0 Å². The summed E-state index contributed by atoms with van der Waals surface area (Å²) in [5.41, 5.74) is 0.831. The van der Waals surface area contributed by atoms with E-state index in [1.165, 1.54) is 0 Å². The highest BCUT2D eigenvalue weighted by molar-refractivity contribution is 5.86. The van der Waals surface area contributed by atoms with E-state index in [0.29, 0.717) is 0 Å². The van der Waals surface area contributed by atoms with Crippen LogP contribution in [0.4, 0.5) is 0 Å². The Morgan fingerprint density at radius 3 is 2.87 bits per heavy atom. The Hall–Kier alpha value is -1.84.